The lowest BCUT2D eigenvalue weighted by molar-refractivity contribution is -0.122. The first-order chi connectivity index (χ1) is 5.77. The molecule has 1 aliphatic heterocycles. The predicted molar refractivity (Wildman–Crippen MR) is 52.4 cm³/mol. The van der Waals surface area contributed by atoms with Crippen molar-refractivity contribution in [2.75, 3.05) is 5.75 Å². The van der Waals surface area contributed by atoms with Gasteiger partial charge in [0.2, 0.25) is 0 Å². The maximum Gasteiger partial charge on any atom is 0.149 e. The fourth-order valence-corrected chi connectivity index (χ4v) is 2.64. The van der Waals surface area contributed by atoms with Gasteiger partial charge in [-0.05, 0) is 18.8 Å². The first-order valence-corrected chi connectivity index (χ1v) is 5.97. The molecule has 1 saturated heterocycles. The lowest BCUT2D eigenvalue weighted by atomic mass is 9.80. The van der Waals surface area contributed by atoms with Gasteiger partial charge in [0.05, 0.1) is 5.25 Å². The number of ketones is 1. The highest BCUT2D eigenvalue weighted by Crippen LogP contribution is 2.38. The monoisotopic (exact) mass is 184 g/mol. The molecule has 0 radical (unpaired) electrons. The Morgan fingerprint density at radius 2 is 1.83 bits per heavy atom. The van der Waals surface area contributed by atoms with Crippen LogP contribution in [-0.4, -0.2) is 16.8 Å². The molecule has 0 aromatic carbocycles. The molecule has 12 heavy (non-hydrogen) atoms. The molecule has 1 nitrogen and oxygen atoms in total. The van der Waals surface area contributed by atoms with E-state index in [2.05, 4.69) is 6.92 Å². The molecule has 2 aliphatic rings. The van der Waals surface area contributed by atoms with Crippen molar-refractivity contribution < 1.29 is 4.79 Å². The second-order valence-electron chi connectivity index (χ2n) is 4.18. The molecule has 1 unspecified atom stereocenters. The van der Waals surface area contributed by atoms with Crippen molar-refractivity contribution in [2.24, 2.45) is 11.8 Å². The number of hydrogen-bond donors (Lipinski definition) is 0. The molecule has 1 saturated carbocycles. The SMILES string of the molecule is CC1CCC(C(=O)C2CS2)CC1. The molecule has 2 rings (SSSR count). The zero-order chi connectivity index (χ0) is 8.55. The molecular formula is C10H16OS. The minimum atomic E-state index is 0.406. The molecule has 1 atom stereocenters. The van der Waals surface area contributed by atoms with Gasteiger partial charge < -0.3 is 0 Å². The summed E-state index contributed by atoms with van der Waals surface area (Å²) < 4.78 is 0. The molecule has 0 aromatic heterocycles. The number of carbonyl (C=O) groups is 1. The average molecular weight is 184 g/mol. The maximum atomic E-state index is 11.6. The Bertz CT molecular complexity index is 178. The van der Waals surface area contributed by atoms with Gasteiger partial charge in [0.1, 0.15) is 5.78 Å². The van der Waals surface area contributed by atoms with Crippen LogP contribution in [0.5, 0.6) is 0 Å². The fraction of sp³-hybridized carbons (Fsp3) is 0.900. The van der Waals surface area contributed by atoms with E-state index in [4.69, 9.17) is 0 Å². The van der Waals surface area contributed by atoms with Gasteiger partial charge in [-0.2, -0.15) is 0 Å². The minimum absolute atomic E-state index is 0.406. The largest absolute Gasteiger partial charge is 0.298 e. The Labute approximate surface area is 78.3 Å². The van der Waals surface area contributed by atoms with E-state index in [1.54, 1.807) is 0 Å². The van der Waals surface area contributed by atoms with Gasteiger partial charge in [-0.3, -0.25) is 4.79 Å². The van der Waals surface area contributed by atoms with E-state index in [0.717, 1.165) is 24.5 Å². The van der Waals surface area contributed by atoms with Crippen LogP contribution >= 0.6 is 11.8 Å². The van der Waals surface area contributed by atoms with E-state index in [1.165, 1.54) is 12.8 Å². The Balaban J connectivity index is 1.84. The lowest BCUT2D eigenvalue weighted by Crippen LogP contribution is -2.23. The smallest absolute Gasteiger partial charge is 0.149 e. The molecule has 0 amide bonds. The summed E-state index contributed by atoms with van der Waals surface area (Å²) in [6, 6.07) is 0. The first-order valence-electron chi connectivity index (χ1n) is 4.92. The molecule has 2 heteroatoms. The number of Topliss-reactive ketones (excluding diaryl/α,β-unsaturated/α-hetero) is 1. The average Bonchev–Trinajstić information content (AvgIpc) is 2.87. The van der Waals surface area contributed by atoms with Gasteiger partial charge in [-0.15, -0.1) is 11.8 Å². The molecule has 0 bridgehead atoms. The number of rotatable bonds is 2. The van der Waals surface area contributed by atoms with Crippen molar-refractivity contribution in [3.8, 4) is 0 Å². The summed E-state index contributed by atoms with van der Waals surface area (Å²) in [4.78, 5) is 11.6. The first kappa shape index (κ1) is 8.61. The zero-order valence-electron chi connectivity index (χ0n) is 7.58. The van der Waals surface area contributed by atoms with Gasteiger partial charge in [-0.25, -0.2) is 0 Å². The summed E-state index contributed by atoms with van der Waals surface area (Å²) >= 11 is 1.82. The van der Waals surface area contributed by atoms with Crippen molar-refractivity contribution >= 4 is 17.5 Å². The third-order valence-corrected chi connectivity index (χ3v) is 3.97. The molecule has 1 aliphatic carbocycles. The highest BCUT2D eigenvalue weighted by Gasteiger charge is 2.36. The normalized spacial score (nSPS) is 40.9. The third kappa shape index (κ3) is 1.85. The van der Waals surface area contributed by atoms with Crippen molar-refractivity contribution in [2.45, 2.75) is 37.9 Å². The Morgan fingerprint density at radius 3 is 2.33 bits per heavy atom. The number of hydrogen-bond acceptors (Lipinski definition) is 2. The topological polar surface area (TPSA) is 17.1 Å². The molecule has 68 valence electrons. The summed E-state index contributed by atoms with van der Waals surface area (Å²) in [6.45, 7) is 2.30. The van der Waals surface area contributed by atoms with Gasteiger partial charge in [0.15, 0.2) is 0 Å². The van der Waals surface area contributed by atoms with Crippen molar-refractivity contribution in [3.63, 3.8) is 0 Å². The summed E-state index contributed by atoms with van der Waals surface area (Å²) in [5, 5.41) is 0.406. The zero-order valence-corrected chi connectivity index (χ0v) is 8.40. The second-order valence-corrected chi connectivity index (χ2v) is 5.42. The van der Waals surface area contributed by atoms with Crippen LogP contribution in [0.3, 0.4) is 0 Å². The van der Waals surface area contributed by atoms with Gasteiger partial charge in [-0.1, -0.05) is 19.8 Å². The molecule has 0 spiro atoms. The van der Waals surface area contributed by atoms with Gasteiger partial charge in [0, 0.05) is 11.7 Å². The highest BCUT2D eigenvalue weighted by atomic mass is 32.2. The van der Waals surface area contributed by atoms with E-state index < -0.39 is 0 Å². The summed E-state index contributed by atoms with van der Waals surface area (Å²) in [7, 11) is 0. The van der Waals surface area contributed by atoms with Crippen molar-refractivity contribution in [3.05, 3.63) is 0 Å². The summed E-state index contributed by atoms with van der Waals surface area (Å²) in [5.41, 5.74) is 0. The van der Waals surface area contributed by atoms with Crippen LogP contribution in [0.2, 0.25) is 0 Å². The van der Waals surface area contributed by atoms with Crippen LogP contribution in [0.25, 0.3) is 0 Å². The van der Waals surface area contributed by atoms with Crippen LogP contribution < -0.4 is 0 Å². The summed E-state index contributed by atoms with van der Waals surface area (Å²) in [5.74, 6) is 2.96. The molecular weight excluding hydrogens is 168 g/mol. The third-order valence-electron chi connectivity index (χ3n) is 3.07. The minimum Gasteiger partial charge on any atom is -0.298 e. The Kier molecular flexibility index (Phi) is 2.44. The van der Waals surface area contributed by atoms with E-state index in [1.807, 2.05) is 11.8 Å². The van der Waals surface area contributed by atoms with E-state index in [-0.39, 0.29) is 0 Å². The quantitative estimate of drug-likeness (QED) is 0.613. The van der Waals surface area contributed by atoms with E-state index >= 15 is 0 Å². The fourth-order valence-electron chi connectivity index (χ4n) is 2.02. The molecule has 1 heterocycles. The van der Waals surface area contributed by atoms with E-state index in [9.17, 15) is 4.79 Å². The van der Waals surface area contributed by atoms with Crippen molar-refractivity contribution in [1.82, 2.24) is 0 Å². The Hall–Kier alpha value is 0.0200. The molecule has 0 aromatic rings. The summed E-state index contributed by atoms with van der Waals surface area (Å²) in [6.07, 6.45) is 4.87. The van der Waals surface area contributed by atoms with Crippen LogP contribution in [0.15, 0.2) is 0 Å². The van der Waals surface area contributed by atoms with Crippen LogP contribution in [-0.2, 0) is 4.79 Å². The van der Waals surface area contributed by atoms with Gasteiger partial charge >= 0.3 is 0 Å². The Morgan fingerprint density at radius 1 is 1.25 bits per heavy atom. The van der Waals surface area contributed by atoms with E-state index in [0.29, 0.717) is 17.0 Å². The van der Waals surface area contributed by atoms with Crippen LogP contribution in [0.4, 0.5) is 0 Å². The maximum absolute atomic E-state index is 11.6. The van der Waals surface area contributed by atoms with Gasteiger partial charge in [0.25, 0.3) is 0 Å². The molecule has 0 N–H and O–H groups in total. The number of thioether (sulfide) groups is 1. The molecule has 2 fully saturated rings. The van der Waals surface area contributed by atoms with Crippen LogP contribution in [0, 0.1) is 11.8 Å². The lowest BCUT2D eigenvalue weighted by Gasteiger charge is -2.24. The van der Waals surface area contributed by atoms with Crippen LogP contribution in [0.1, 0.15) is 32.6 Å². The predicted octanol–water partition coefficient (Wildman–Crippen LogP) is 2.50. The number of carbonyl (C=O) groups excluding carboxylic acids is 1. The van der Waals surface area contributed by atoms with Crippen molar-refractivity contribution in [1.29, 1.82) is 0 Å². The highest BCUT2D eigenvalue weighted by molar-refractivity contribution is 8.07. The standard InChI is InChI=1S/C10H16OS/c1-7-2-4-8(5-3-7)10(11)9-6-12-9/h7-9H,2-6H2,1H3. The second kappa shape index (κ2) is 3.41.